The average Bonchev–Trinajstić information content (AvgIpc) is 3.77. The summed E-state index contributed by atoms with van der Waals surface area (Å²) in [7, 11) is 0. The van der Waals surface area contributed by atoms with Crippen molar-refractivity contribution in [1.29, 1.82) is 0 Å². The van der Waals surface area contributed by atoms with Crippen molar-refractivity contribution in [2.24, 2.45) is 29.0 Å². The molecule has 1 aliphatic rings. The molecular formula is C42H73N11O14. The van der Waals surface area contributed by atoms with E-state index in [0.717, 1.165) is 0 Å². The van der Waals surface area contributed by atoms with Crippen LogP contribution in [0.1, 0.15) is 112 Å². The smallest absolute Gasteiger partial charge is 0.326 e. The molecule has 67 heavy (non-hydrogen) atoms. The van der Waals surface area contributed by atoms with Gasteiger partial charge in [0.2, 0.25) is 53.2 Å². The molecule has 0 aromatic carbocycles. The molecule has 1 heterocycles. The number of likely N-dealkylation sites (tertiary alicyclic amines) is 1. The second-order valence-corrected chi connectivity index (χ2v) is 16.9. The van der Waals surface area contributed by atoms with Gasteiger partial charge in [-0.3, -0.25) is 47.9 Å². The van der Waals surface area contributed by atoms with Crippen LogP contribution in [0.2, 0.25) is 0 Å². The number of rotatable bonds is 31. The Bertz CT molecular complexity index is 1750. The lowest BCUT2D eigenvalue weighted by molar-refractivity contribution is -0.144. The highest BCUT2D eigenvalue weighted by Crippen LogP contribution is 2.22. The average molecular weight is 956 g/mol. The van der Waals surface area contributed by atoms with Gasteiger partial charge >= 0.3 is 11.9 Å². The van der Waals surface area contributed by atoms with Crippen molar-refractivity contribution in [3.05, 3.63) is 0 Å². The topological polar surface area (TPSA) is 414 Å². The van der Waals surface area contributed by atoms with Crippen LogP contribution in [0.25, 0.3) is 0 Å². The summed E-state index contributed by atoms with van der Waals surface area (Å²) in [6, 6.07) is -11.7. The van der Waals surface area contributed by atoms with Gasteiger partial charge in [-0.25, -0.2) is 4.79 Å². The minimum atomic E-state index is -1.74. The number of primary amides is 1. The van der Waals surface area contributed by atoms with E-state index in [-0.39, 0.29) is 44.7 Å². The van der Waals surface area contributed by atoms with Gasteiger partial charge in [-0.15, -0.1) is 0 Å². The first-order valence-corrected chi connectivity index (χ1v) is 22.7. The van der Waals surface area contributed by atoms with Crippen LogP contribution >= 0.6 is 0 Å². The van der Waals surface area contributed by atoms with Gasteiger partial charge in [0.25, 0.3) is 0 Å². The van der Waals surface area contributed by atoms with Crippen LogP contribution in [0, 0.1) is 11.8 Å². The van der Waals surface area contributed by atoms with Crippen LogP contribution in [0.3, 0.4) is 0 Å². The molecule has 25 heteroatoms. The van der Waals surface area contributed by atoms with E-state index in [9.17, 15) is 63.0 Å². The van der Waals surface area contributed by atoms with Gasteiger partial charge in [0.05, 0.1) is 12.6 Å². The van der Waals surface area contributed by atoms with Gasteiger partial charge in [0.15, 0.2) is 0 Å². The SMILES string of the molecule is CC[C@H](C)[C@H](NC(=O)[C@@H]1CCCN1C(=O)[C@@H](NC(=O)[C@H](C)N)[C@@H](C)CC)C(=O)N[C@@H](C)C(=O)N[C@@H](CCC(N)=O)C(=O)N[C@@H](CCCCN)C(=O)N[C@@H](CO)C(=O)N[C@@H](CCC(=O)O)C(=O)O. The predicted octanol–water partition coefficient (Wildman–Crippen LogP) is -3.83. The van der Waals surface area contributed by atoms with E-state index in [2.05, 4.69) is 37.2 Å². The van der Waals surface area contributed by atoms with Gasteiger partial charge in [0.1, 0.15) is 48.3 Å². The Morgan fingerprint density at radius 2 is 1.15 bits per heavy atom. The molecule has 25 nitrogen and oxygen atoms in total. The highest BCUT2D eigenvalue weighted by Gasteiger charge is 2.41. The molecule has 1 saturated heterocycles. The number of carboxylic acid groups (broad SMARTS) is 2. The monoisotopic (exact) mass is 956 g/mol. The predicted molar refractivity (Wildman–Crippen MR) is 239 cm³/mol. The van der Waals surface area contributed by atoms with Crippen molar-refractivity contribution in [1.82, 2.24) is 42.1 Å². The standard InChI is InChI=1S/C42H73N11O14/c1-7-21(3)32(51-39(63)29-13-11-19-53(29)41(65)33(22(4)8-2)52-34(58)23(5)44)40(64)46-24(6)35(59)47-26(14-16-30(45)55)37(61)48-25(12-9-10-18-43)36(60)50-28(20-54)38(62)49-27(42(66)67)15-17-31(56)57/h21-29,32-33,54H,7-20,43-44H2,1-6H3,(H2,45,55)(H,46,64)(H,47,59)(H,48,61)(H,49,62)(H,50,60)(H,51,63)(H,52,58)(H,56,57)(H,66,67)/t21-,22-,23-,24-,25-,26-,27-,28-,29-,32-,33-/m0/s1. The fraction of sp³-hybridized carbons (Fsp3) is 0.738. The number of hydrogen-bond acceptors (Lipinski definition) is 14. The van der Waals surface area contributed by atoms with E-state index in [1.54, 1.807) is 20.8 Å². The zero-order valence-electron chi connectivity index (χ0n) is 39.3. The summed E-state index contributed by atoms with van der Waals surface area (Å²) >= 11 is 0. The molecular weight excluding hydrogens is 883 g/mol. The number of hydrogen-bond donors (Lipinski definition) is 13. The number of aliphatic hydroxyl groups is 1. The first kappa shape index (κ1) is 59.1. The molecule has 0 aromatic rings. The number of nitrogens with two attached hydrogens (primary N) is 3. The van der Waals surface area contributed by atoms with E-state index in [0.29, 0.717) is 25.7 Å². The van der Waals surface area contributed by atoms with Crippen molar-refractivity contribution in [2.75, 3.05) is 19.7 Å². The van der Waals surface area contributed by atoms with Crippen LogP contribution in [-0.2, 0) is 52.7 Å². The maximum Gasteiger partial charge on any atom is 0.326 e. The zero-order valence-corrected chi connectivity index (χ0v) is 39.3. The zero-order chi connectivity index (χ0) is 51.1. The highest BCUT2D eigenvalue weighted by molar-refractivity contribution is 5.98. The fourth-order valence-corrected chi connectivity index (χ4v) is 6.92. The molecule has 380 valence electrons. The lowest BCUT2D eigenvalue weighted by Crippen LogP contribution is -2.61. The summed E-state index contributed by atoms with van der Waals surface area (Å²) in [5.41, 5.74) is 16.7. The van der Waals surface area contributed by atoms with Crippen molar-refractivity contribution in [3.8, 4) is 0 Å². The van der Waals surface area contributed by atoms with Crippen molar-refractivity contribution in [2.45, 2.75) is 167 Å². The van der Waals surface area contributed by atoms with E-state index in [1.807, 2.05) is 6.92 Å². The number of aliphatic hydroxyl groups excluding tert-OH is 1. The largest absolute Gasteiger partial charge is 0.481 e. The van der Waals surface area contributed by atoms with Gasteiger partial charge in [0, 0.05) is 19.4 Å². The quantitative estimate of drug-likeness (QED) is 0.0296. The van der Waals surface area contributed by atoms with E-state index in [1.165, 1.54) is 18.7 Å². The Balaban J connectivity index is 3.25. The van der Waals surface area contributed by atoms with Crippen LogP contribution in [0.4, 0.5) is 0 Å². The molecule has 1 aliphatic heterocycles. The Kier molecular flexibility index (Phi) is 26.1. The molecule has 16 N–H and O–H groups in total. The third kappa shape index (κ3) is 19.8. The van der Waals surface area contributed by atoms with Crippen LogP contribution in [0.15, 0.2) is 0 Å². The van der Waals surface area contributed by atoms with E-state index >= 15 is 0 Å². The summed E-state index contributed by atoms with van der Waals surface area (Å²) in [6.45, 7) is 9.31. The summed E-state index contributed by atoms with van der Waals surface area (Å²) in [5.74, 6) is -11.0. The number of carboxylic acids is 2. The second kappa shape index (κ2) is 29.6. The number of nitrogens with zero attached hydrogens (tertiary/aromatic N) is 1. The maximum atomic E-state index is 13.8. The Morgan fingerprint density at radius 3 is 1.67 bits per heavy atom. The minimum absolute atomic E-state index is 0.0775. The molecule has 0 saturated carbocycles. The number of aliphatic carboxylic acids is 2. The van der Waals surface area contributed by atoms with Gasteiger partial charge in [-0.1, -0.05) is 40.5 Å². The van der Waals surface area contributed by atoms with Crippen molar-refractivity contribution < 1.29 is 68.1 Å². The second-order valence-electron chi connectivity index (χ2n) is 16.9. The Hall–Kier alpha value is -5.95. The van der Waals surface area contributed by atoms with Gasteiger partial charge in [-0.05, 0) is 77.2 Å². The number of carbonyl (C=O) groups is 11. The van der Waals surface area contributed by atoms with Crippen LogP contribution in [0.5, 0.6) is 0 Å². The number of nitrogens with one attached hydrogen (secondary N) is 7. The molecule has 0 bridgehead atoms. The maximum absolute atomic E-state index is 13.8. The summed E-state index contributed by atoms with van der Waals surface area (Å²) in [6.07, 6.45) is 0.377. The number of unbranched alkanes of at least 4 members (excludes halogenated alkanes) is 1. The van der Waals surface area contributed by atoms with Gasteiger partial charge < -0.3 is 74.6 Å². The fourth-order valence-electron chi connectivity index (χ4n) is 6.92. The molecule has 1 rings (SSSR count). The molecule has 0 spiro atoms. The molecule has 1 fully saturated rings. The Labute approximate surface area is 389 Å². The molecule has 0 aromatic heterocycles. The molecule has 0 radical (unpaired) electrons. The molecule has 0 unspecified atom stereocenters. The number of carbonyl (C=O) groups excluding carboxylic acids is 9. The molecule has 9 amide bonds. The molecule has 11 atom stereocenters. The molecule has 0 aliphatic carbocycles. The Morgan fingerprint density at radius 1 is 0.627 bits per heavy atom. The minimum Gasteiger partial charge on any atom is -0.481 e. The van der Waals surface area contributed by atoms with Crippen molar-refractivity contribution >= 4 is 65.1 Å². The van der Waals surface area contributed by atoms with Gasteiger partial charge in [-0.2, -0.15) is 0 Å². The summed E-state index contributed by atoms with van der Waals surface area (Å²) in [4.78, 5) is 143. The van der Waals surface area contributed by atoms with Crippen LogP contribution in [-0.4, -0.2) is 159 Å². The van der Waals surface area contributed by atoms with E-state index < -0.39 is 151 Å². The van der Waals surface area contributed by atoms with Crippen LogP contribution < -0.4 is 54.4 Å². The third-order valence-electron chi connectivity index (χ3n) is 11.5. The lowest BCUT2D eigenvalue weighted by atomic mass is 9.96. The first-order chi connectivity index (χ1) is 31.4. The van der Waals surface area contributed by atoms with E-state index in [4.69, 9.17) is 22.3 Å². The lowest BCUT2D eigenvalue weighted by Gasteiger charge is -2.33. The normalized spacial score (nSPS) is 17.9. The first-order valence-electron chi connectivity index (χ1n) is 22.7. The third-order valence-corrected chi connectivity index (χ3v) is 11.5. The number of amides is 9. The summed E-state index contributed by atoms with van der Waals surface area (Å²) < 4.78 is 0. The highest BCUT2D eigenvalue weighted by atomic mass is 16.4. The summed E-state index contributed by atoms with van der Waals surface area (Å²) in [5, 5.41) is 45.4. The van der Waals surface area contributed by atoms with Crippen molar-refractivity contribution in [3.63, 3.8) is 0 Å².